The van der Waals surface area contributed by atoms with Crippen molar-refractivity contribution in [2.45, 2.75) is 6.42 Å². The van der Waals surface area contributed by atoms with E-state index >= 15 is 0 Å². The van der Waals surface area contributed by atoms with Gasteiger partial charge in [0.2, 0.25) is 5.95 Å². The van der Waals surface area contributed by atoms with Gasteiger partial charge in [-0.2, -0.15) is 0 Å². The summed E-state index contributed by atoms with van der Waals surface area (Å²) < 4.78 is 1.06. The van der Waals surface area contributed by atoms with Gasteiger partial charge in [-0.1, -0.05) is 28.1 Å². The van der Waals surface area contributed by atoms with Crippen molar-refractivity contribution in [2.24, 2.45) is 0 Å². The van der Waals surface area contributed by atoms with Crippen LogP contribution in [0.2, 0.25) is 0 Å². The zero-order valence-electron chi connectivity index (χ0n) is 11.2. The maximum Gasteiger partial charge on any atom is 0.225 e. The maximum atomic E-state index is 4.72. The topological polar surface area (TPSA) is 41.1 Å². The number of hydrogen-bond donors (Lipinski definition) is 1. The molecule has 0 saturated carbocycles. The predicted molar refractivity (Wildman–Crippen MR) is 84.9 cm³/mol. The van der Waals surface area contributed by atoms with E-state index in [1.54, 1.807) is 0 Å². The monoisotopic (exact) mass is 332 g/mol. The zero-order chi connectivity index (χ0) is 13.8. The molecule has 0 amide bonds. The Labute approximate surface area is 127 Å². The van der Waals surface area contributed by atoms with E-state index in [9.17, 15) is 0 Å². The SMILES string of the molecule is Brc1cccc(-c2ccnc(N3CCCNCC3)n2)c1. The summed E-state index contributed by atoms with van der Waals surface area (Å²) in [4.78, 5) is 11.4. The van der Waals surface area contributed by atoms with E-state index < -0.39 is 0 Å². The summed E-state index contributed by atoms with van der Waals surface area (Å²) in [6.45, 7) is 4.03. The summed E-state index contributed by atoms with van der Waals surface area (Å²) >= 11 is 3.50. The Morgan fingerprint density at radius 3 is 3.00 bits per heavy atom. The molecule has 5 heteroatoms. The highest BCUT2D eigenvalue weighted by Crippen LogP contribution is 2.22. The number of benzene rings is 1. The first-order valence-corrected chi connectivity index (χ1v) is 7.67. The minimum Gasteiger partial charge on any atom is -0.339 e. The van der Waals surface area contributed by atoms with Crippen LogP contribution in [0.25, 0.3) is 11.3 Å². The number of anilines is 1. The molecule has 2 aromatic rings. The third-order valence-corrected chi connectivity index (χ3v) is 3.88. The summed E-state index contributed by atoms with van der Waals surface area (Å²) in [6.07, 6.45) is 2.97. The van der Waals surface area contributed by atoms with Gasteiger partial charge < -0.3 is 10.2 Å². The van der Waals surface area contributed by atoms with Gasteiger partial charge in [-0.3, -0.25) is 0 Å². The van der Waals surface area contributed by atoms with Crippen LogP contribution in [0.15, 0.2) is 41.0 Å². The molecule has 1 aliphatic rings. The third kappa shape index (κ3) is 3.16. The third-order valence-electron chi connectivity index (χ3n) is 3.39. The second-order valence-corrected chi connectivity index (χ2v) is 5.76. The van der Waals surface area contributed by atoms with E-state index in [2.05, 4.69) is 43.3 Å². The molecule has 0 aliphatic carbocycles. The molecule has 0 unspecified atom stereocenters. The van der Waals surface area contributed by atoms with Gasteiger partial charge in [0.25, 0.3) is 0 Å². The second kappa shape index (κ2) is 6.33. The average molecular weight is 333 g/mol. The van der Waals surface area contributed by atoms with Gasteiger partial charge in [0.05, 0.1) is 5.69 Å². The molecule has 1 saturated heterocycles. The van der Waals surface area contributed by atoms with Crippen molar-refractivity contribution in [3.8, 4) is 11.3 Å². The van der Waals surface area contributed by atoms with Crippen molar-refractivity contribution < 1.29 is 0 Å². The van der Waals surface area contributed by atoms with E-state index in [0.29, 0.717) is 0 Å². The molecule has 3 rings (SSSR count). The van der Waals surface area contributed by atoms with Crippen molar-refractivity contribution >= 4 is 21.9 Å². The minimum atomic E-state index is 0.825. The number of hydrogen-bond acceptors (Lipinski definition) is 4. The lowest BCUT2D eigenvalue weighted by Crippen LogP contribution is -2.29. The predicted octanol–water partition coefficient (Wildman–Crippen LogP) is 2.71. The molecular formula is C15H17BrN4. The summed E-state index contributed by atoms with van der Waals surface area (Å²) in [7, 11) is 0. The molecule has 2 heterocycles. The molecule has 104 valence electrons. The number of nitrogens with one attached hydrogen (secondary N) is 1. The van der Waals surface area contributed by atoms with Crippen molar-refractivity contribution in [3.05, 3.63) is 41.0 Å². The zero-order valence-corrected chi connectivity index (χ0v) is 12.8. The lowest BCUT2D eigenvalue weighted by molar-refractivity contribution is 0.724. The molecule has 0 spiro atoms. The Balaban J connectivity index is 1.89. The molecule has 1 aromatic carbocycles. The van der Waals surface area contributed by atoms with Gasteiger partial charge >= 0.3 is 0 Å². The fourth-order valence-electron chi connectivity index (χ4n) is 2.36. The summed E-state index contributed by atoms with van der Waals surface area (Å²) in [5.41, 5.74) is 2.07. The van der Waals surface area contributed by atoms with Crippen LogP contribution in [0.3, 0.4) is 0 Å². The largest absolute Gasteiger partial charge is 0.339 e. The molecule has 1 aromatic heterocycles. The van der Waals surface area contributed by atoms with Gasteiger partial charge in [-0.25, -0.2) is 9.97 Å². The summed E-state index contributed by atoms with van der Waals surface area (Å²) in [5.74, 6) is 0.825. The maximum absolute atomic E-state index is 4.72. The highest BCUT2D eigenvalue weighted by Gasteiger charge is 2.12. The van der Waals surface area contributed by atoms with Crippen LogP contribution in [-0.2, 0) is 0 Å². The van der Waals surface area contributed by atoms with Gasteiger partial charge in [-0.15, -0.1) is 0 Å². The number of aromatic nitrogens is 2. The lowest BCUT2D eigenvalue weighted by atomic mass is 10.1. The van der Waals surface area contributed by atoms with Crippen LogP contribution >= 0.6 is 15.9 Å². The van der Waals surface area contributed by atoms with Crippen molar-refractivity contribution in [2.75, 3.05) is 31.1 Å². The first kappa shape index (κ1) is 13.5. The molecule has 0 atom stereocenters. The Morgan fingerprint density at radius 1 is 1.15 bits per heavy atom. The summed E-state index contributed by atoms with van der Waals surface area (Å²) in [6, 6.07) is 10.2. The number of nitrogens with zero attached hydrogens (tertiary/aromatic N) is 3. The van der Waals surface area contributed by atoms with Crippen LogP contribution in [0, 0.1) is 0 Å². The average Bonchev–Trinajstić information content (AvgIpc) is 2.76. The van der Waals surface area contributed by atoms with Crippen molar-refractivity contribution in [3.63, 3.8) is 0 Å². The minimum absolute atomic E-state index is 0.825. The Kier molecular flexibility index (Phi) is 4.28. The molecule has 1 N–H and O–H groups in total. The molecular weight excluding hydrogens is 316 g/mol. The number of halogens is 1. The second-order valence-electron chi connectivity index (χ2n) is 4.84. The lowest BCUT2D eigenvalue weighted by Gasteiger charge is -2.20. The smallest absolute Gasteiger partial charge is 0.225 e. The quantitative estimate of drug-likeness (QED) is 0.918. The van der Waals surface area contributed by atoms with Crippen LogP contribution in [0.4, 0.5) is 5.95 Å². The Hall–Kier alpha value is -1.46. The van der Waals surface area contributed by atoms with E-state index in [4.69, 9.17) is 4.98 Å². The van der Waals surface area contributed by atoms with Crippen LogP contribution < -0.4 is 10.2 Å². The first-order valence-electron chi connectivity index (χ1n) is 6.87. The fourth-order valence-corrected chi connectivity index (χ4v) is 2.75. The van der Waals surface area contributed by atoms with Gasteiger partial charge in [0, 0.05) is 35.9 Å². The van der Waals surface area contributed by atoms with Crippen LogP contribution in [0.1, 0.15) is 6.42 Å². The van der Waals surface area contributed by atoms with Crippen molar-refractivity contribution in [1.82, 2.24) is 15.3 Å². The molecule has 4 nitrogen and oxygen atoms in total. The highest BCUT2D eigenvalue weighted by atomic mass is 79.9. The van der Waals surface area contributed by atoms with Crippen molar-refractivity contribution in [1.29, 1.82) is 0 Å². The highest BCUT2D eigenvalue weighted by molar-refractivity contribution is 9.10. The van der Waals surface area contributed by atoms with E-state index in [1.807, 2.05) is 24.4 Å². The van der Waals surface area contributed by atoms with Gasteiger partial charge in [-0.05, 0) is 31.2 Å². The number of rotatable bonds is 2. The molecule has 0 bridgehead atoms. The fraction of sp³-hybridized carbons (Fsp3) is 0.333. The van der Waals surface area contributed by atoms with Gasteiger partial charge in [0.15, 0.2) is 0 Å². The first-order chi connectivity index (χ1) is 9.83. The van der Waals surface area contributed by atoms with Crippen LogP contribution in [0.5, 0.6) is 0 Å². The van der Waals surface area contributed by atoms with Crippen LogP contribution in [-0.4, -0.2) is 36.1 Å². The van der Waals surface area contributed by atoms with E-state index in [1.165, 1.54) is 0 Å². The van der Waals surface area contributed by atoms with E-state index in [-0.39, 0.29) is 0 Å². The molecule has 1 aliphatic heterocycles. The normalized spacial score (nSPS) is 15.9. The van der Waals surface area contributed by atoms with Gasteiger partial charge in [0.1, 0.15) is 0 Å². The Bertz CT molecular complexity index is 580. The Morgan fingerprint density at radius 2 is 2.10 bits per heavy atom. The molecule has 1 fully saturated rings. The summed E-state index contributed by atoms with van der Waals surface area (Å²) in [5, 5.41) is 3.40. The molecule has 0 radical (unpaired) electrons. The standard InChI is InChI=1S/C15H17BrN4/c16-13-4-1-3-12(11-13)14-5-7-18-15(19-14)20-9-2-6-17-8-10-20/h1,3-5,7,11,17H,2,6,8-10H2. The van der Waals surface area contributed by atoms with E-state index in [0.717, 1.165) is 54.3 Å². The molecule has 20 heavy (non-hydrogen) atoms.